The highest BCUT2D eigenvalue weighted by molar-refractivity contribution is 7.91. The maximum atomic E-state index is 11.5. The summed E-state index contributed by atoms with van der Waals surface area (Å²) in [7, 11) is -2.75. The predicted molar refractivity (Wildman–Crippen MR) is 77.1 cm³/mol. The Kier molecular flexibility index (Phi) is 6.38. The van der Waals surface area contributed by atoms with Gasteiger partial charge in [0.25, 0.3) is 0 Å². The second-order valence-corrected chi connectivity index (χ2v) is 7.57. The van der Waals surface area contributed by atoms with E-state index in [1.807, 2.05) is 0 Å². The van der Waals surface area contributed by atoms with Gasteiger partial charge in [0.05, 0.1) is 11.5 Å². The Labute approximate surface area is 117 Å². The monoisotopic (exact) mass is 296 g/mol. The van der Waals surface area contributed by atoms with Gasteiger partial charge < -0.3 is 5.32 Å². The van der Waals surface area contributed by atoms with Gasteiger partial charge in [-0.1, -0.05) is 6.92 Å². The lowest BCUT2D eigenvalue weighted by atomic mass is 9.97. The van der Waals surface area contributed by atoms with Crippen molar-refractivity contribution in [3.8, 4) is 0 Å². The molecule has 0 aromatic heterocycles. The molecule has 2 rings (SSSR count). The van der Waals surface area contributed by atoms with Gasteiger partial charge in [-0.3, -0.25) is 4.90 Å². The van der Waals surface area contributed by atoms with Crippen molar-refractivity contribution in [1.82, 2.24) is 10.2 Å². The number of nitrogens with zero attached hydrogens (tertiary/aromatic N) is 1. The molecule has 108 valence electrons. The lowest BCUT2D eigenvalue weighted by molar-refractivity contribution is 0.171. The van der Waals surface area contributed by atoms with Crippen LogP contribution in [0.4, 0.5) is 0 Å². The highest BCUT2D eigenvalue weighted by Gasteiger charge is 2.32. The number of piperidine rings is 1. The van der Waals surface area contributed by atoms with E-state index in [-0.39, 0.29) is 18.4 Å². The van der Waals surface area contributed by atoms with Crippen LogP contribution in [0.15, 0.2) is 0 Å². The molecule has 0 aliphatic carbocycles. The highest BCUT2D eigenvalue weighted by Crippen LogP contribution is 2.21. The third-order valence-corrected chi connectivity index (χ3v) is 5.83. The number of sulfone groups is 1. The van der Waals surface area contributed by atoms with Crippen molar-refractivity contribution < 1.29 is 8.42 Å². The summed E-state index contributed by atoms with van der Waals surface area (Å²) in [6, 6.07) is 0.278. The zero-order chi connectivity index (χ0) is 12.3. The highest BCUT2D eigenvalue weighted by atomic mass is 35.5. The Morgan fingerprint density at radius 3 is 2.39 bits per heavy atom. The van der Waals surface area contributed by atoms with E-state index in [0.29, 0.717) is 11.5 Å². The van der Waals surface area contributed by atoms with Crippen molar-refractivity contribution in [3.63, 3.8) is 0 Å². The van der Waals surface area contributed by atoms with Crippen LogP contribution in [0.1, 0.15) is 26.2 Å². The molecule has 2 saturated heterocycles. The van der Waals surface area contributed by atoms with Gasteiger partial charge in [-0.2, -0.15) is 0 Å². The van der Waals surface area contributed by atoms with Crippen molar-refractivity contribution in [1.29, 1.82) is 0 Å². The molecule has 0 aromatic carbocycles. The van der Waals surface area contributed by atoms with Crippen LogP contribution < -0.4 is 5.32 Å². The molecule has 0 saturated carbocycles. The lowest BCUT2D eigenvalue weighted by Gasteiger charge is -2.32. The number of rotatable bonds is 4. The lowest BCUT2D eigenvalue weighted by Crippen LogP contribution is -2.42. The second kappa shape index (κ2) is 7.08. The van der Waals surface area contributed by atoms with E-state index in [1.165, 1.54) is 12.8 Å². The SMILES string of the molecule is CCN(CC1CCNCC1)C1CCS(=O)(=O)C1.Cl. The van der Waals surface area contributed by atoms with E-state index in [0.717, 1.165) is 38.5 Å². The van der Waals surface area contributed by atoms with Gasteiger partial charge in [0.2, 0.25) is 0 Å². The average Bonchev–Trinajstić information content (AvgIpc) is 2.68. The predicted octanol–water partition coefficient (Wildman–Crippen LogP) is 0.917. The molecule has 1 atom stereocenters. The molecular weight excluding hydrogens is 272 g/mol. The third kappa shape index (κ3) is 4.37. The molecule has 0 amide bonds. The first-order valence-corrected chi connectivity index (χ1v) is 8.58. The molecule has 18 heavy (non-hydrogen) atoms. The Morgan fingerprint density at radius 2 is 1.89 bits per heavy atom. The van der Waals surface area contributed by atoms with Crippen LogP contribution in [0.2, 0.25) is 0 Å². The minimum absolute atomic E-state index is 0. The first-order valence-electron chi connectivity index (χ1n) is 6.76. The molecule has 2 aliphatic rings. The molecule has 2 fully saturated rings. The zero-order valence-electron chi connectivity index (χ0n) is 11.1. The van der Waals surface area contributed by atoms with E-state index in [2.05, 4.69) is 17.1 Å². The number of hydrogen-bond donors (Lipinski definition) is 1. The maximum absolute atomic E-state index is 11.5. The van der Waals surface area contributed by atoms with Crippen LogP contribution in [-0.4, -0.2) is 57.0 Å². The smallest absolute Gasteiger partial charge is 0.151 e. The number of halogens is 1. The van der Waals surface area contributed by atoms with E-state index < -0.39 is 9.84 Å². The molecule has 4 nitrogen and oxygen atoms in total. The summed E-state index contributed by atoms with van der Waals surface area (Å²) in [6.07, 6.45) is 3.30. The Morgan fingerprint density at radius 1 is 1.22 bits per heavy atom. The van der Waals surface area contributed by atoms with E-state index in [1.54, 1.807) is 0 Å². The Hall–Kier alpha value is 0.160. The topological polar surface area (TPSA) is 49.4 Å². The summed E-state index contributed by atoms with van der Waals surface area (Å²) in [5.41, 5.74) is 0. The Balaban J connectivity index is 0.00000162. The quantitative estimate of drug-likeness (QED) is 0.838. The molecule has 2 aliphatic heterocycles. The molecule has 0 radical (unpaired) electrons. The minimum atomic E-state index is -2.75. The van der Waals surface area contributed by atoms with Crippen LogP contribution in [-0.2, 0) is 9.84 Å². The van der Waals surface area contributed by atoms with Crippen LogP contribution >= 0.6 is 12.4 Å². The van der Waals surface area contributed by atoms with Crippen molar-refractivity contribution in [2.75, 3.05) is 37.7 Å². The first-order chi connectivity index (χ1) is 8.11. The van der Waals surface area contributed by atoms with Gasteiger partial charge in [-0.15, -0.1) is 12.4 Å². The molecule has 6 heteroatoms. The first kappa shape index (κ1) is 16.2. The molecule has 2 heterocycles. The van der Waals surface area contributed by atoms with Gasteiger partial charge in [-0.25, -0.2) is 8.42 Å². The van der Waals surface area contributed by atoms with Gasteiger partial charge in [-0.05, 0) is 44.8 Å². The normalized spacial score (nSPS) is 28.2. The van der Waals surface area contributed by atoms with E-state index in [4.69, 9.17) is 0 Å². The maximum Gasteiger partial charge on any atom is 0.151 e. The van der Waals surface area contributed by atoms with Gasteiger partial charge in [0.1, 0.15) is 0 Å². The largest absolute Gasteiger partial charge is 0.317 e. The molecule has 0 bridgehead atoms. The van der Waals surface area contributed by atoms with Crippen molar-refractivity contribution in [2.45, 2.75) is 32.2 Å². The summed E-state index contributed by atoms with van der Waals surface area (Å²) in [5, 5.41) is 3.37. The van der Waals surface area contributed by atoms with E-state index >= 15 is 0 Å². The summed E-state index contributed by atoms with van der Waals surface area (Å²) >= 11 is 0. The standard InChI is InChI=1S/C12H24N2O2S.ClH/c1-2-14(9-11-3-6-13-7-4-11)12-5-8-17(15,16)10-12;/h11-13H,2-10H2,1H3;1H. The summed E-state index contributed by atoms with van der Waals surface area (Å²) in [4.78, 5) is 2.39. The molecule has 1 unspecified atom stereocenters. The van der Waals surface area contributed by atoms with Crippen LogP contribution in [0.5, 0.6) is 0 Å². The van der Waals surface area contributed by atoms with Crippen LogP contribution in [0.25, 0.3) is 0 Å². The fourth-order valence-electron chi connectivity index (χ4n) is 3.00. The molecule has 0 aromatic rings. The zero-order valence-corrected chi connectivity index (χ0v) is 12.7. The van der Waals surface area contributed by atoms with Crippen molar-refractivity contribution in [3.05, 3.63) is 0 Å². The third-order valence-electron chi connectivity index (χ3n) is 4.08. The van der Waals surface area contributed by atoms with Crippen molar-refractivity contribution in [2.24, 2.45) is 5.92 Å². The summed E-state index contributed by atoms with van der Waals surface area (Å²) < 4.78 is 23.0. The fourth-order valence-corrected chi connectivity index (χ4v) is 4.76. The fraction of sp³-hybridized carbons (Fsp3) is 1.00. The number of hydrogen-bond acceptors (Lipinski definition) is 4. The van der Waals surface area contributed by atoms with E-state index in [9.17, 15) is 8.42 Å². The van der Waals surface area contributed by atoms with Crippen molar-refractivity contribution >= 4 is 22.2 Å². The van der Waals surface area contributed by atoms with Gasteiger partial charge >= 0.3 is 0 Å². The molecule has 1 N–H and O–H groups in total. The molecular formula is C12H25ClN2O2S. The van der Waals surface area contributed by atoms with Gasteiger partial charge in [0, 0.05) is 12.6 Å². The van der Waals surface area contributed by atoms with Crippen LogP contribution in [0, 0.1) is 5.92 Å². The average molecular weight is 297 g/mol. The number of nitrogens with one attached hydrogen (secondary N) is 1. The van der Waals surface area contributed by atoms with Crippen LogP contribution in [0.3, 0.4) is 0 Å². The second-order valence-electron chi connectivity index (χ2n) is 5.34. The summed E-state index contributed by atoms with van der Waals surface area (Å²) in [5.74, 6) is 1.52. The molecule has 0 spiro atoms. The van der Waals surface area contributed by atoms with Gasteiger partial charge in [0.15, 0.2) is 9.84 Å². The minimum Gasteiger partial charge on any atom is -0.317 e. The summed E-state index contributed by atoms with van der Waals surface area (Å²) in [6.45, 7) is 6.44. The Bertz CT molecular complexity index is 342.